The average Bonchev–Trinajstić information content (AvgIpc) is 2.75. The third-order valence-electron chi connectivity index (χ3n) is 4.21. The van der Waals surface area contributed by atoms with Gasteiger partial charge in [-0.3, -0.25) is 9.59 Å². The molecule has 0 radical (unpaired) electrons. The van der Waals surface area contributed by atoms with E-state index in [0.29, 0.717) is 16.0 Å². The van der Waals surface area contributed by atoms with Crippen LogP contribution in [0, 0.1) is 0 Å². The Morgan fingerprint density at radius 1 is 0.867 bits per heavy atom. The summed E-state index contributed by atoms with van der Waals surface area (Å²) in [5.74, 6) is -1.35. The molecule has 0 spiro atoms. The molecule has 1 aliphatic heterocycles. The number of β-lactam (4-membered cyclic amide) rings is 1. The fourth-order valence-electron chi connectivity index (χ4n) is 2.75. The zero-order chi connectivity index (χ0) is 21.5. The second-order valence-electron chi connectivity index (χ2n) is 6.43. The van der Waals surface area contributed by atoms with Crippen LogP contribution < -0.4 is 5.32 Å². The zero-order valence-electron chi connectivity index (χ0n) is 16.1. The molecule has 156 valence electrons. The number of amides is 3. The first-order valence-electron chi connectivity index (χ1n) is 9.14. The van der Waals surface area contributed by atoms with Crippen molar-refractivity contribution in [2.24, 2.45) is 0 Å². The third-order valence-corrected chi connectivity index (χ3v) is 4.21. The molecule has 0 saturated carbocycles. The molecule has 1 heterocycles. The van der Waals surface area contributed by atoms with Crippen LogP contribution in [-0.4, -0.2) is 41.2 Å². The Hall–Kier alpha value is -3.88. The Bertz CT molecular complexity index is 862. The maximum atomic E-state index is 12.7. The van der Waals surface area contributed by atoms with Gasteiger partial charge >= 0.3 is 18.2 Å². The number of nitrogens with zero attached hydrogens (tertiary/aromatic N) is 1. The summed E-state index contributed by atoms with van der Waals surface area (Å²) >= 11 is 0. The molecular weight excluding hydrogens is 392 g/mol. The quantitative estimate of drug-likeness (QED) is 0.440. The molecule has 0 aromatic heterocycles. The molecule has 2 aromatic rings. The molecule has 3 rings (SSSR count). The molecule has 0 aliphatic carbocycles. The summed E-state index contributed by atoms with van der Waals surface area (Å²) in [5.41, 5.74) is 1.39. The van der Waals surface area contributed by atoms with E-state index >= 15 is 0 Å². The third kappa shape index (κ3) is 5.13. The van der Waals surface area contributed by atoms with Gasteiger partial charge in [0.1, 0.15) is 13.2 Å². The van der Waals surface area contributed by atoms with Gasteiger partial charge in [-0.2, -0.15) is 4.90 Å². The van der Waals surface area contributed by atoms with Crippen molar-refractivity contribution in [1.29, 1.82) is 0 Å². The van der Waals surface area contributed by atoms with E-state index in [4.69, 9.17) is 14.2 Å². The lowest BCUT2D eigenvalue weighted by Crippen LogP contribution is -2.72. The fraction of sp³-hybridized carbons (Fsp3) is 0.238. The number of esters is 1. The second kappa shape index (κ2) is 9.55. The predicted molar refractivity (Wildman–Crippen MR) is 103 cm³/mol. The molecule has 3 amide bonds. The number of nitrogens with one attached hydrogen (secondary N) is 1. The smallest absolute Gasteiger partial charge is 0.420 e. The van der Waals surface area contributed by atoms with E-state index in [0.717, 1.165) is 6.92 Å². The number of ether oxygens (including phenoxy) is 3. The molecule has 1 fully saturated rings. The van der Waals surface area contributed by atoms with Gasteiger partial charge in [-0.15, -0.1) is 0 Å². The van der Waals surface area contributed by atoms with Crippen LogP contribution in [0.5, 0.6) is 0 Å². The van der Waals surface area contributed by atoms with Gasteiger partial charge in [0.2, 0.25) is 6.23 Å². The Morgan fingerprint density at radius 2 is 1.33 bits per heavy atom. The minimum atomic E-state index is -1.39. The number of carbonyl (C=O) groups excluding carboxylic acids is 4. The molecule has 2 atom stereocenters. The first-order chi connectivity index (χ1) is 14.5. The first kappa shape index (κ1) is 20.8. The maximum Gasteiger partial charge on any atom is 0.420 e. The van der Waals surface area contributed by atoms with E-state index in [1.165, 1.54) is 0 Å². The van der Waals surface area contributed by atoms with Crippen molar-refractivity contribution in [3.05, 3.63) is 71.8 Å². The molecule has 1 aliphatic rings. The molecule has 0 unspecified atom stereocenters. The van der Waals surface area contributed by atoms with Crippen molar-refractivity contribution in [2.75, 3.05) is 0 Å². The largest absolute Gasteiger partial charge is 0.444 e. The van der Waals surface area contributed by atoms with Gasteiger partial charge in [0.15, 0.2) is 6.04 Å². The van der Waals surface area contributed by atoms with E-state index in [1.54, 1.807) is 60.7 Å². The van der Waals surface area contributed by atoms with Crippen LogP contribution in [0.3, 0.4) is 0 Å². The van der Waals surface area contributed by atoms with Crippen molar-refractivity contribution in [2.45, 2.75) is 32.4 Å². The molecule has 1 saturated heterocycles. The number of benzene rings is 2. The summed E-state index contributed by atoms with van der Waals surface area (Å²) in [6.45, 7) is 0.913. The van der Waals surface area contributed by atoms with E-state index in [9.17, 15) is 19.2 Å². The van der Waals surface area contributed by atoms with Crippen LogP contribution in [0.25, 0.3) is 0 Å². The highest BCUT2D eigenvalue weighted by Gasteiger charge is 2.52. The Kier molecular flexibility index (Phi) is 6.63. The van der Waals surface area contributed by atoms with Crippen molar-refractivity contribution in [1.82, 2.24) is 10.2 Å². The lowest BCUT2D eigenvalue weighted by Gasteiger charge is -2.39. The molecular formula is C21H20N2O7. The minimum absolute atomic E-state index is 0.116. The molecule has 9 nitrogen and oxygen atoms in total. The summed E-state index contributed by atoms with van der Waals surface area (Å²) in [6, 6.07) is 16.3. The number of hydrogen-bond acceptors (Lipinski definition) is 7. The van der Waals surface area contributed by atoms with Gasteiger partial charge in [0.05, 0.1) is 0 Å². The summed E-state index contributed by atoms with van der Waals surface area (Å²) in [6.07, 6.45) is -3.36. The van der Waals surface area contributed by atoms with Gasteiger partial charge in [0.25, 0.3) is 5.91 Å². The number of rotatable bonds is 6. The van der Waals surface area contributed by atoms with Crippen LogP contribution in [0.1, 0.15) is 18.1 Å². The van der Waals surface area contributed by atoms with Crippen molar-refractivity contribution in [3.63, 3.8) is 0 Å². The first-order valence-corrected chi connectivity index (χ1v) is 9.14. The standard InChI is InChI=1S/C21H20N2O7/c1-14(24)30-19-17(18(25)22-19)23(20(26)28-12-15-8-4-2-5-9-15)21(27)29-13-16-10-6-3-7-11-16/h2-11,17,19H,12-13H2,1H3,(H,22,25)/t17-,19+/m0/s1. The normalized spacial score (nSPS) is 17.2. The zero-order valence-corrected chi connectivity index (χ0v) is 16.1. The minimum Gasteiger partial charge on any atom is -0.444 e. The summed E-state index contributed by atoms with van der Waals surface area (Å²) in [4.78, 5) is 49.2. The predicted octanol–water partition coefficient (Wildman–Crippen LogP) is 2.35. The molecule has 2 aromatic carbocycles. The Labute approximate surface area is 172 Å². The van der Waals surface area contributed by atoms with Crippen molar-refractivity contribution >= 4 is 24.1 Å². The lowest BCUT2D eigenvalue weighted by molar-refractivity contribution is -0.167. The van der Waals surface area contributed by atoms with Gasteiger partial charge < -0.3 is 19.5 Å². The van der Waals surface area contributed by atoms with E-state index < -0.39 is 36.3 Å². The Balaban J connectivity index is 1.73. The van der Waals surface area contributed by atoms with E-state index in [-0.39, 0.29) is 13.2 Å². The second-order valence-corrected chi connectivity index (χ2v) is 6.43. The lowest BCUT2D eigenvalue weighted by atomic mass is 10.1. The number of hydrogen-bond donors (Lipinski definition) is 1. The monoisotopic (exact) mass is 412 g/mol. The van der Waals surface area contributed by atoms with Gasteiger partial charge in [-0.25, -0.2) is 9.59 Å². The Morgan fingerprint density at radius 3 is 1.73 bits per heavy atom. The highest BCUT2D eigenvalue weighted by atomic mass is 16.6. The van der Waals surface area contributed by atoms with Gasteiger partial charge in [0, 0.05) is 6.92 Å². The molecule has 30 heavy (non-hydrogen) atoms. The average molecular weight is 412 g/mol. The summed E-state index contributed by atoms with van der Waals surface area (Å²) in [5, 5.41) is 2.32. The van der Waals surface area contributed by atoms with Crippen LogP contribution in [-0.2, 0) is 37.0 Å². The number of imide groups is 1. The fourth-order valence-corrected chi connectivity index (χ4v) is 2.75. The van der Waals surface area contributed by atoms with Crippen LogP contribution in [0.4, 0.5) is 9.59 Å². The van der Waals surface area contributed by atoms with Gasteiger partial charge in [-0.1, -0.05) is 60.7 Å². The summed E-state index contributed by atoms with van der Waals surface area (Å²) < 4.78 is 15.3. The molecule has 9 heteroatoms. The summed E-state index contributed by atoms with van der Waals surface area (Å²) in [7, 11) is 0. The van der Waals surface area contributed by atoms with Crippen molar-refractivity contribution in [3.8, 4) is 0 Å². The highest BCUT2D eigenvalue weighted by Crippen LogP contribution is 2.20. The van der Waals surface area contributed by atoms with Crippen LogP contribution in [0.15, 0.2) is 60.7 Å². The van der Waals surface area contributed by atoms with Crippen LogP contribution in [0.2, 0.25) is 0 Å². The highest BCUT2D eigenvalue weighted by molar-refractivity contribution is 5.99. The van der Waals surface area contributed by atoms with Crippen LogP contribution >= 0.6 is 0 Å². The topological polar surface area (TPSA) is 111 Å². The molecule has 1 N–H and O–H groups in total. The maximum absolute atomic E-state index is 12.7. The van der Waals surface area contributed by atoms with E-state index in [1.807, 2.05) is 0 Å². The number of carbonyl (C=O) groups is 4. The van der Waals surface area contributed by atoms with Crippen molar-refractivity contribution < 1.29 is 33.4 Å². The van der Waals surface area contributed by atoms with E-state index in [2.05, 4.69) is 5.32 Å². The SMILES string of the molecule is CC(=O)O[C@H]1NC(=O)[C@@H]1N(C(=O)OCc1ccccc1)C(=O)OCc1ccccc1. The molecule has 0 bridgehead atoms. The van der Waals surface area contributed by atoms with Gasteiger partial charge in [-0.05, 0) is 11.1 Å².